The zero-order valence-corrected chi connectivity index (χ0v) is 16.8. The number of amides is 1. The lowest BCUT2D eigenvalue weighted by Crippen LogP contribution is -2.20. The Hall–Kier alpha value is -3.06. The summed E-state index contributed by atoms with van der Waals surface area (Å²) in [7, 11) is 3.18. The number of ether oxygens (including phenoxy) is 3. The summed E-state index contributed by atoms with van der Waals surface area (Å²) in [5.41, 5.74) is 2.79. The number of hydrogen-bond donors (Lipinski definition) is 1. The number of aryl methyl sites for hydroxylation is 1. The quantitative estimate of drug-likeness (QED) is 0.609. The van der Waals surface area contributed by atoms with E-state index in [-0.39, 0.29) is 12.5 Å². The monoisotopic (exact) mass is 398 g/mol. The molecule has 0 unspecified atom stereocenters. The van der Waals surface area contributed by atoms with Gasteiger partial charge in [-0.1, -0.05) is 19.1 Å². The molecule has 0 saturated carbocycles. The third kappa shape index (κ3) is 4.80. The molecule has 0 aliphatic heterocycles. The van der Waals surface area contributed by atoms with Crippen molar-refractivity contribution in [3.8, 4) is 28.5 Å². The summed E-state index contributed by atoms with van der Waals surface area (Å²) in [5, 5.41) is 5.16. The molecule has 0 saturated heterocycles. The third-order valence-corrected chi connectivity index (χ3v) is 4.86. The molecule has 0 spiro atoms. The topological polar surface area (TPSA) is 69.7 Å². The van der Waals surface area contributed by atoms with Crippen LogP contribution in [-0.2, 0) is 11.2 Å². The van der Waals surface area contributed by atoms with E-state index in [9.17, 15) is 4.79 Å². The smallest absolute Gasteiger partial charge is 0.264 e. The van der Waals surface area contributed by atoms with E-state index in [4.69, 9.17) is 14.2 Å². The zero-order chi connectivity index (χ0) is 19.9. The van der Waals surface area contributed by atoms with E-state index in [1.807, 2.05) is 47.8 Å². The molecular formula is C21H22N2O4S. The number of hydrogen-bond acceptors (Lipinski definition) is 6. The molecule has 0 fully saturated rings. The van der Waals surface area contributed by atoms with Gasteiger partial charge in [-0.05, 0) is 42.3 Å². The highest BCUT2D eigenvalue weighted by Gasteiger charge is 2.11. The molecule has 0 aliphatic carbocycles. The SMILES string of the molecule is CCc1cccc(OCC(=O)Nc2nc(-c3ccc(OC)c(OC)c3)cs2)c1. The van der Waals surface area contributed by atoms with Crippen LogP contribution in [-0.4, -0.2) is 31.7 Å². The van der Waals surface area contributed by atoms with Crippen LogP contribution in [0, 0.1) is 0 Å². The van der Waals surface area contributed by atoms with Gasteiger partial charge in [-0.2, -0.15) is 0 Å². The van der Waals surface area contributed by atoms with Gasteiger partial charge in [0.05, 0.1) is 19.9 Å². The van der Waals surface area contributed by atoms with Crippen molar-refractivity contribution in [2.45, 2.75) is 13.3 Å². The van der Waals surface area contributed by atoms with E-state index < -0.39 is 0 Å². The van der Waals surface area contributed by atoms with Crippen LogP contribution in [0.25, 0.3) is 11.3 Å². The van der Waals surface area contributed by atoms with Crippen LogP contribution >= 0.6 is 11.3 Å². The van der Waals surface area contributed by atoms with E-state index in [1.54, 1.807) is 14.2 Å². The van der Waals surface area contributed by atoms with Crippen molar-refractivity contribution in [1.82, 2.24) is 4.98 Å². The van der Waals surface area contributed by atoms with Crippen molar-refractivity contribution in [3.05, 3.63) is 53.4 Å². The van der Waals surface area contributed by atoms with Crippen molar-refractivity contribution in [2.24, 2.45) is 0 Å². The average molecular weight is 398 g/mol. The van der Waals surface area contributed by atoms with Crippen LogP contribution in [0.5, 0.6) is 17.2 Å². The summed E-state index contributed by atoms with van der Waals surface area (Å²) in [6.07, 6.45) is 0.918. The Balaban J connectivity index is 1.61. The Morgan fingerprint density at radius 2 is 1.93 bits per heavy atom. The van der Waals surface area contributed by atoms with E-state index in [0.29, 0.717) is 22.4 Å². The molecule has 3 aromatic rings. The lowest BCUT2D eigenvalue weighted by Gasteiger charge is -2.08. The molecule has 1 N–H and O–H groups in total. The average Bonchev–Trinajstić information content (AvgIpc) is 3.20. The third-order valence-electron chi connectivity index (χ3n) is 4.11. The minimum atomic E-state index is -0.255. The fourth-order valence-electron chi connectivity index (χ4n) is 2.62. The number of rotatable bonds is 8. The minimum Gasteiger partial charge on any atom is -0.493 e. The second-order valence-electron chi connectivity index (χ2n) is 5.95. The highest BCUT2D eigenvalue weighted by Crippen LogP contribution is 2.33. The fraction of sp³-hybridized carbons (Fsp3) is 0.238. The summed E-state index contributed by atoms with van der Waals surface area (Å²) in [6.45, 7) is 2.00. The molecule has 3 rings (SSSR count). The maximum absolute atomic E-state index is 12.2. The largest absolute Gasteiger partial charge is 0.493 e. The van der Waals surface area contributed by atoms with Crippen molar-refractivity contribution >= 4 is 22.4 Å². The number of anilines is 1. The van der Waals surface area contributed by atoms with Gasteiger partial charge < -0.3 is 14.2 Å². The van der Waals surface area contributed by atoms with Gasteiger partial charge in [-0.15, -0.1) is 11.3 Å². The molecule has 1 amide bonds. The van der Waals surface area contributed by atoms with Crippen LogP contribution in [0.3, 0.4) is 0 Å². The van der Waals surface area contributed by atoms with Gasteiger partial charge in [-0.25, -0.2) is 4.98 Å². The molecule has 6 nitrogen and oxygen atoms in total. The zero-order valence-electron chi connectivity index (χ0n) is 16.0. The van der Waals surface area contributed by atoms with Gasteiger partial charge in [0.1, 0.15) is 5.75 Å². The normalized spacial score (nSPS) is 10.4. The van der Waals surface area contributed by atoms with E-state index in [0.717, 1.165) is 23.2 Å². The molecule has 0 bridgehead atoms. The first kappa shape index (κ1) is 19.7. The van der Waals surface area contributed by atoms with Gasteiger partial charge in [0.15, 0.2) is 23.2 Å². The molecule has 0 aliphatic rings. The van der Waals surface area contributed by atoms with Crippen molar-refractivity contribution in [2.75, 3.05) is 26.1 Å². The molecule has 7 heteroatoms. The van der Waals surface area contributed by atoms with Crippen LogP contribution in [0.15, 0.2) is 47.8 Å². The number of aromatic nitrogens is 1. The molecule has 0 radical (unpaired) electrons. The number of carbonyl (C=O) groups is 1. The number of benzene rings is 2. The predicted octanol–water partition coefficient (Wildman–Crippen LogP) is 4.41. The Morgan fingerprint density at radius 1 is 1.11 bits per heavy atom. The summed E-state index contributed by atoms with van der Waals surface area (Å²) in [6, 6.07) is 13.3. The second-order valence-corrected chi connectivity index (χ2v) is 6.80. The van der Waals surface area contributed by atoms with Crippen LogP contribution in [0.1, 0.15) is 12.5 Å². The van der Waals surface area contributed by atoms with Crippen molar-refractivity contribution in [1.29, 1.82) is 0 Å². The van der Waals surface area contributed by atoms with Crippen molar-refractivity contribution < 1.29 is 19.0 Å². The summed E-state index contributed by atoms with van der Waals surface area (Å²) >= 11 is 1.35. The number of carbonyl (C=O) groups excluding carboxylic acids is 1. The summed E-state index contributed by atoms with van der Waals surface area (Å²) in [5.74, 6) is 1.70. The molecule has 0 atom stereocenters. The first-order valence-electron chi connectivity index (χ1n) is 8.82. The lowest BCUT2D eigenvalue weighted by atomic mass is 10.1. The van der Waals surface area contributed by atoms with Gasteiger partial charge >= 0.3 is 0 Å². The fourth-order valence-corrected chi connectivity index (χ4v) is 3.35. The standard InChI is InChI=1S/C21H22N2O4S/c1-4-14-6-5-7-16(10-14)27-12-20(24)23-21-22-17(13-28-21)15-8-9-18(25-2)19(11-15)26-3/h5-11,13H,4,12H2,1-3H3,(H,22,23,24). The first-order chi connectivity index (χ1) is 13.6. The number of nitrogens with zero attached hydrogens (tertiary/aromatic N) is 1. The summed E-state index contributed by atoms with van der Waals surface area (Å²) in [4.78, 5) is 16.6. The second kappa shape index (κ2) is 9.23. The Kier molecular flexibility index (Phi) is 6.49. The van der Waals surface area contributed by atoms with Gasteiger partial charge in [-0.3, -0.25) is 10.1 Å². The maximum Gasteiger partial charge on any atom is 0.264 e. The maximum atomic E-state index is 12.2. The summed E-state index contributed by atoms with van der Waals surface area (Å²) < 4.78 is 16.1. The highest BCUT2D eigenvalue weighted by molar-refractivity contribution is 7.14. The van der Waals surface area contributed by atoms with Gasteiger partial charge in [0.2, 0.25) is 0 Å². The highest BCUT2D eigenvalue weighted by atomic mass is 32.1. The van der Waals surface area contributed by atoms with Crippen LogP contribution < -0.4 is 19.5 Å². The van der Waals surface area contributed by atoms with E-state index in [2.05, 4.69) is 17.2 Å². The lowest BCUT2D eigenvalue weighted by molar-refractivity contribution is -0.118. The molecule has 2 aromatic carbocycles. The number of thiazole rings is 1. The molecule has 1 heterocycles. The molecule has 28 heavy (non-hydrogen) atoms. The molecule has 1 aromatic heterocycles. The van der Waals surface area contributed by atoms with Gasteiger partial charge in [0.25, 0.3) is 5.91 Å². The predicted molar refractivity (Wildman–Crippen MR) is 111 cm³/mol. The number of methoxy groups -OCH3 is 2. The molecular weight excluding hydrogens is 376 g/mol. The van der Waals surface area contributed by atoms with Crippen LogP contribution in [0.2, 0.25) is 0 Å². The minimum absolute atomic E-state index is 0.0710. The number of nitrogens with one attached hydrogen (secondary N) is 1. The Bertz CT molecular complexity index is 955. The van der Waals surface area contributed by atoms with Crippen LogP contribution in [0.4, 0.5) is 5.13 Å². The first-order valence-corrected chi connectivity index (χ1v) is 9.70. The van der Waals surface area contributed by atoms with E-state index in [1.165, 1.54) is 11.3 Å². The molecule has 146 valence electrons. The van der Waals surface area contributed by atoms with E-state index >= 15 is 0 Å². The van der Waals surface area contributed by atoms with Crippen molar-refractivity contribution in [3.63, 3.8) is 0 Å². The van der Waals surface area contributed by atoms with Gasteiger partial charge in [0, 0.05) is 10.9 Å². The Morgan fingerprint density at radius 3 is 2.68 bits per heavy atom. The Labute approximate surface area is 168 Å².